The van der Waals surface area contributed by atoms with Gasteiger partial charge in [-0.25, -0.2) is 4.79 Å². The maximum absolute atomic E-state index is 12.5. The van der Waals surface area contributed by atoms with E-state index in [1.54, 1.807) is 12.1 Å². The summed E-state index contributed by atoms with van der Waals surface area (Å²) in [5.74, 6) is -0.376. The number of benzene rings is 1. The van der Waals surface area contributed by atoms with Crippen LogP contribution in [0.3, 0.4) is 0 Å². The Labute approximate surface area is 161 Å². The van der Waals surface area contributed by atoms with Crippen LogP contribution < -0.4 is 5.32 Å². The smallest absolute Gasteiger partial charge is 0.329 e. The average molecular weight is 373 g/mol. The van der Waals surface area contributed by atoms with Crippen molar-refractivity contribution in [2.24, 2.45) is 17.8 Å². The first-order valence-corrected chi connectivity index (χ1v) is 9.84. The fourth-order valence-electron chi connectivity index (χ4n) is 3.34. The van der Waals surface area contributed by atoms with Crippen LogP contribution in [0.5, 0.6) is 0 Å². The van der Waals surface area contributed by atoms with Gasteiger partial charge in [-0.1, -0.05) is 50.6 Å². The van der Waals surface area contributed by atoms with Gasteiger partial charge in [0.05, 0.1) is 0 Å². The van der Waals surface area contributed by atoms with Gasteiger partial charge in [0.25, 0.3) is 0 Å². The minimum atomic E-state index is -0.734. The number of ether oxygens (including phenoxy) is 1. The molecule has 0 aromatic heterocycles. The predicted molar refractivity (Wildman–Crippen MR) is 104 cm³/mol. The Hall–Kier alpha value is -2.17. The van der Waals surface area contributed by atoms with Crippen LogP contribution in [0.4, 0.5) is 0 Å². The third-order valence-corrected chi connectivity index (χ3v) is 5.32. The molecule has 1 amide bonds. The summed E-state index contributed by atoms with van der Waals surface area (Å²) in [6, 6.07) is 6.39. The first kappa shape index (κ1) is 21.1. The standard InChI is InChI=1S/C22H31NO4/c1-14(2)20(23-21(25)18-11-7-16(4)8-12-18)22(26)27-13-19(24)17-9-5-15(3)6-10-17/h5-6,9-10,14,16,18,20H,7-8,11-13H2,1-4H3,(H,23,25)/t16?,18?,20-/m1/s1. The zero-order valence-corrected chi connectivity index (χ0v) is 16.8. The summed E-state index contributed by atoms with van der Waals surface area (Å²) in [5.41, 5.74) is 1.57. The molecule has 0 saturated heterocycles. The number of aryl methyl sites for hydroxylation is 1. The molecule has 5 nitrogen and oxygen atoms in total. The SMILES string of the molecule is Cc1ccc(C(=O)COC(=O)[C@H](NC(=O)C2CCC(C)CC2)C(C)C)cc1. The summed E-state index contributed by atoms with van der Waals surface area (Å²) in [6.07, 6.45) is 3.80. The Kier molecular flexibility index (Phi) is 7.57. The number of hydrogen-bond donors (Lipinski definition) is 1. The van der Waals surface area contributed by atoms with Gasteiger partial charge in [-0.05, 0) is 44.4 Å². The van der Waals surface area contributed by atoms with Gasteiger partial charge in [-0.2, -0.15) is 0 Å². The lowest BCUT2D eigenvalue weighted by Gasteiger charge is -2.28. The lowest BCUT2D eigenvalue weighted by Crippen LogP contribution is -2.48. The molecule has 1 saturated carbocycles. The largest absolute Gasteiger partial charge is 0.456 e. The van der Waals surface area contributed by atoms with E-state index in [9.17, 15) is 14.4 Å². The van der Waals surface area contributed by atoms with E-state index in [4.69, 9.17) is 4.74 Å². The van der Waals surface area contributed by atoms with E-state index in [1.165, 1.54) is 0 Å². The fraction of sp³-hybridized carbons (Fsp3) is 0.591. The molecule has 1 fully saturated rings. The van der Waals surface area contributed by atoms with Gasteiger partial charge < -0.3 is 10.1 Å². The maximum Gasteiger partial charge on any atom is 0.329 e. The molecule has 0 heterocycles. The summed E-state index contributed by atoms with van der Waals surface area (Å²) < 4.78 is 5.21. The van der Waals surface area contributed by atoms with Crippen molar-refractivity contribution >= 4 is 17.7 Å². The van der Waals surface area contributed by atoms with Crippen molar-refractivity contribution in [3.8, 4) is 0 Å². The van der Waals surface area contributed by atoms with Crippen LogP contribution in [0.2, 0.25) is 0 Å². The van der Waals surface area contributed by atoms with E-state index >= 15 is 0 Å². The van der Waals surface area contributed by atoms with Gasteiger partial charge in [-0.15, -0.1) is 0 Å². The monoisotopic (exact) mass is 373 g/mol. The predicted octanol–water partition coefficient (Wildman–Crippen LogP) is 3.69. The van der Waals surface area contributed by atoms with Crippen molar-refractivity contribution in [1.82, 2.24) is 5.32 Å². The van der Waals surface area contributed by atoms with Crippen molar-refractivity contribution < 1.29 is 19.1 Å². The van der Waals surface area contributed by atoms with Crippen LogP contribution >= 0.6 is 0 Å². The minimum Gasteiger partial charge on any atom is -0.456 e. The third-order valence-electron chi connectivity index (χ3n) is 5.32. The highest BCUT2D eigenvalue weighted by molar-refractivity contribution is 5.98. The average Bonchev–Trinajstić information content (AvgIpc) is 2.64. The Morgan fingerprint density at radius 2 is 1.67 bits per heavy atom. The topological polar surface area (TPSA) is 72.5 Å². The molecule has 1 aliphatic rings. The van der Waals surface area contributed by atoms with Crippen molar-refractivity contribution in [3.05, 3.63) is 35.4 Å². The zero-order valence-electron chi connectivity index (χ0n) is 16.8. The number of amides is 1. The van der Waals surface area contributed by atoms with Gasteiger partial charge >= 0.3 is 5.97 Å². The van der Waals surface area contributed by atoms with Crippen LogP contribution in [-0.4, -0.2) is 30.3 Å². The van der Waals surface area contributed by atoms with Crippen molar-refractivity contribution in [2.45, 2.75) is 59.4 Å². The molecule has 2 rings (SSSR count). The van der Waals surface area contributed by atoms with Gasteiger partial charge in [0, 0.05) is 11.5 Å². The lowest BCUT2D eigenvalue weighted by molar-refractivity contribution is -0.148. The first-order valence-electron chi connectivity index (χ1n) is 9.84. The van der Waals surface area contributed by atoms with Gasteiger partial charge in [0.15, 0.2) is 12.4 Å². The van der Waals surface area contributed by atoms with E-state index in [0.717, 1.165) is 31.2 Å². The second-order valence-corrected chi connectivity index (χ2v) is 8.08. The third kappa shape index (κ3) is 6.19. The number of hydrogen-bond acceptors (Lipinski definition) is 4. The molecule has 1 N–H and O–H groups in total. The summed E-state index contributed by atoms with van der Waals surface area (Å²) >= 11 is 0. The highest BCUT2D eigenvalue weighted by Gasteiger charge is 2.31. The number of Topliss-reactive ketones (excluding diaryl/α,β-unsaturated/α-hetero) is 1. The quantitative estimate of drug-likeness (QED) is 0.584. The minimum absolute atomic E-state index is 0.0376. The molecular weight excluding hydrogens is 342 g/mol. The van der Waals surface area contributed by atoms with Crippen LogP contribution in [0.15, 0.2) is 24.3 Å². The molecular formula is C22H31NO4. The molecule has 148 valence electrons. The number of carbonyl (C=O) groups is 3. The molecule has 1 atom stereocenters. The Balaban J connectivity index is 1.89. The lowest BCUT2D eigenvalue weighted by atomic mass is 9.82. The number of ketones is 1. The highest BCUT2D eigenvalue weighted by Crippen LogP contribution is 2.28. The van der Waals surface area contributed by atoms with Crippen molar-refractivity contribution in [2.75, 3.05) is 6.61 Å². The van der Waals surface area contributed by atoms with E-state index in [1.807, 2.05) is 32.9 Å². The maximum atomic E-state index is 12.5. The first-order chi connectivity index (χ1) is 12.8. The number of esters is 1. The fourth-order valence-corrected chi connectivity index (χ4v) is 3.34. The summed E-state index contributed by atoms with van der Waals surface area (Å²) in [5, 5.41) is 2.85. The zero-order chi connectivity index (χ0) is 20.0. The number of carbonyl (C=O) groups excluding carboxylic acids is 3. The molecule has 1 aliphatic carbocycles. The second kappa shape index (κ2) is 9.67. The van der Waals surface area contributed by atoms with Crippen LogP contribution in [-0.2, 0) is 14.3 Å². The van der Waals surface area contributed by atoms with E-state index in [2.05, 4.69) is 12.2 Å². The van der Waals surface area contributed by atoms with E-state index in [0.29, 0.717) is 11.5 Å². The molecule has 0 radical (unpaired) electrons. The highest BCUT2D eigenvalue weighted by atomic mass is 16.5. The molecule has 0 unspecified atom stereocenters. The second-order valence-electron chi connectivity index (χ2n) is 8.08. The van der Waals surface area contributed by atoms with E-state index in [-0.39, 0.29) is 30.1 Å². The van der Waals surface area contributed by atoms with Crippen LogP contribution in [0, 0.1) is 24.7 Å². The summed E-state index contributed by atoms with van der Waals surface area (Å²) in [4.78, 5) is 37.2. The molecule has 1 aromatic rings. The molecule has 5 heteroatoms. The molecule has 27 heavy (non-hydrogen) atoms. The number of nitrogens with one attached hydrogen (secondary N) is 1. The van der Waals surface area contributed by atoms with Gasteiger partial charge in [-0.3, -0.25) is 9.59 Å². The molecule has 0 bridgehead atoms. The molecule has 1 aromatic carbocycles. The van der Waals surface area contributed by atoms with Gasteiger partial charge in [0.1, 0.15) is 6.04 Å². The number of rotatable bonds is 7. The Bertz CT molecular complexity index is 657. The molecule has 0 spiro atoms. The van der Waals surface area contributed by atoms with Crippen molar-refractivity contribution in [1.29, 1.82) is 0 Å². The summed E-state index contributed by atoms with van der Waals surface area (Å²) in [7, 11) is 0. The Morgan fingerprint density at radius 1 is 1.07 bits per heavy atom. The van der Waals surface area contributed by atoms with E-state index < -0.39 is 12.0 Å². The Morgan fingerprint density at radius 3 is 2.22 bits per heavy atom. The van der Waals surface area contributed by atoms with Crippen LogP contribution in [0.1, 0.15) is 62.4 Å². The summed E-state index contributed by atoms with van der Waals surface area (Å²) in [6.45, 7) is 7.54. The van der Waals surface area contributed by atoms with Crippen LogP contribution in [0.25, 0.3) is 0 Å². The van der Waals surface area contributed by atoms with Crippen molar-refractivity contribution in [3.63, 3.8) is 0 Å². The molecule has 0 aliphatic heterocycles. The normalized spacial score (nSPS) is 20.8. The van der Waals surface area contributed by atoms with Gasteiger partial charge in [0.2, 0.25) is 5.91 Å².